The zero-order valence-electron chi connectivity index (χ0n) is 7.83. The highest BCUT2D eigenvalue weighted by Gasteiger charge is 2.06. The van der Waals surface area contributed by atoms with Crippen LogP contribution in [0.1, 0.15) is 18.0 Å². The summed E-state index contributed by atoms with van der Waals surface area (Å²) in [7, 11) is 0. The van der Waals surface area contributed by atoms with Crippen molar-refractivity contribution in [2.45, 2.75) is 12.5 Å². The Morgan fingerprint density at radius 1 is 1.36 bits per heavy atom. The lowest BCUT2D eigenvalue weighted by Gasteiger charge is -2.09. The van der Waals surface area contributed by atoms with E-state index in [-0.39, 0.29) is 12.7 Å². The van der Waals surface area contributed by atoms with Crippen LogP contribution in [-0.2, 0) is 0 Å². The summed E-state index contributed by atoms with van der Waals surface area (Å²) in [6, 6.07) is 7.72. The van der Waals surface area contributed by atoms with Crippen LogP contribution >= 0.6 is 0 Å². The lowest BCUT2D eigenvalue weighted by atomic mass is 10.0. The smallest absolute Gasteiger partial charge is 0.0912 e. The first kappa shape index (κ1) is 9.21. The van der Waals surface area contributed by atoms with Gasteiger partial charge in [-0.15, -0.1) is 0 Å². The molecule has 2 aromatic rings. The molecule has 74 valence electrons. The van der Waals surface area contributed by atoms with Crippen LogP contribution in [0.15, 0.2) is 30.5 Å². The van der Waals surface area contributed by atoms with Crippen LogP contribution in [0.5, 0.6) is 0 Å². The Bertz CT molecular complexity index is 422. The maximum atomic E-state index is 12.1. The molecular formula is C11H13FN2. The molecule has 0 fully saturated rings. The molecule has 0 saturated heterocycles. The number of aromatic nitrogens is 1. The van der Waals surface area contributed by atoms with Crippen molar-refractivity contribution < 1.29 is 4.39 Å². The third-order valence-corrected chi connectivity index (χ3v) is 2.43. The molecule has 14 heavy (non-hydrogen) atoms. The molecule has 0 amide bonds. The van der Waals surface area contributed by atoms with Crippen molar-refractivity contribution in [2.75, 3.05) is 6.67 Å². The van der Waals surface area contributed by atoms with Crippen LogP contribution in [0.25, 0.3) is 10.9 Å². The van der Waals surface area contributed by atoms with Gasteiger partial charge in [0.1, 0.15) is 0 Å². The summed E-state index contributed by atoms with van der Waals surface area (Å²) in [6.07, 6.45) is 2.27. The number of nitrogens with one attached hydrogen (secondary N) is 1. The van der Waals surface area contributed by atoms with Crippen molar-refractivity contribution in [2.24, 2.45) is 5.73 Å². The van der Waals surface area contributed by atoms with Crippen LogP contribution in [0.2, 0.25) is 0 Å². The molecule has 0 spiro atoms. The predicted molar refractivity (Wildman–Crippen MR) is 55.8 cm³/mol. The standard InChI is InChI=1S/C11H13FN2/c12-5-3-10(13)8-1-2-11-9(7-8)4-6-14-11/h1-2,4,6-7,10,14H,3,5,13H2/t10-/m0/s1. The summed E-state index contributed by atoms with van der Waals surface area (Å²) in [5.74, 6) is 0. The summed E-state index contributed by atoms with van der Waals surface area (Å²) < 4.78 is 12.1. The Morgan fingerprint density at radius 2 is 2.21 bits per heavy atom. The quantitative estimate of drug-likeness (QED) is 0.770. The van der Waals surface area contributed by atoms with E-state index in [1.807, 2.05) is 30.5 Å². The van der Waals surface area contributed by atoms with Gasteiger partial charge in [0.25, 0.3) is 0 Å². The van der Waals surface area contributed by atoms with E-state index in [2.05, 4.69) is 4.98 Å². The van der Waals surface area contributed by atoms with Gasteiger partial charge in [-0.25, -0.2) is 0 Å². The maximum Gasteiger partial charge on any atom is 0.0912 e. The number of hydrogen-bond acceptors (Lipinski definition) is 1. The summed E-state index contributed by atoms with van der Waals surface area (Å²) in [4.78, 5) is 3.10. The molecule has 0 aliphatic carbocycles. The zero-order chi connectivity index (χ0) is 9.97. The highest BCUT2D eigenvalue weighted by Crippen LogP contribution is 2.20. The molecule has 3 N–H and O–H groups in total. The molecule has 2 rings (SSSR count). The third-order valence-electron chi connectivity index (χ3n) is 2.43. The van der Waals surface area contributed by atoms with Gasteiger partial charge in [-0.3, -0.25) is 4.39 Å². The Labute approximate surface area is 81.9 Å². The number of alkyl halides is 1. The van der Waals surface area contributed by atoms with Gasteiger partial charge in [-0.1, -0.05) is 6.07 Å². The molecule has 3 heteroatoms. The van der Waals surface area contributed by atoms with E-state index in [0.29, 0.717) is 6.42 Å². The lowest BCUT2D eigenvalue weighted by molar-refractivity contribution is 0.442. The number of fused-ring (bicyclic) bond motifs is 1. The second-order valence-corrected chi connectivity index (χ2v) is 3.41. The number of rotatable bonds is 3. The van der Waals surface area contributed by atoms with E-state index >= 15 is 0 Å². The van der Waals surface area contributed by atoms with Crippen molar-refractivity contribution in [3.63, 3.8) is 0 Å². The fourth-order valence-corrected chi connectivity index (χ4v) is 1.59. The number of nitrogens with two attached hydrogens (primary N) is 1. The maximum absolute atomic E-state index is 12.1. The van der Waals surface area contributed by atoms with E-state index in [9.17, 15) is 4.39 Å². The fourth-order valence-electron chi connectivity index (χ4n) is 1.59. The minimum absolute atomic E-state index is 0.195. The minimum atomic E-state index is -0.369. The zero-order valence-corrected chi connectivity index (χ0v) is 7.83. The highest BCUT2D eigenvalue weighted by molar-refractivity contribution is 5.80. The first-order chi connectivity index (χ1) is 6.81. The van der Waals surface area contributed by atoms with Gasteiger partial charge in [0.05, 0.1) is 6.67 Å². The van der Waals surface area contributed by atoms with Gasteiger partial charge in [0.15, 0.2) is 0 Å². The van der Waals surface area contributed by atoms with E-state index in [0.717, 1.165) is 16.5 Å². The molecule has 0 radical (unpaired) electrons. The van der Waals surface area contributed by atoms with Crippen LogP contribution in [0.3, 0.4) is 0 Å². The average molecular weight is 192 g/mol. The molecular weight excluding hydrogens is 179 g/mol. The predicted octanol–water partition coefficient (Wildman–Crippen LogP) is 2.53. The van der Waals surface area contributed by atoms with E-state index in [1.54, 1.807) is 0 Å². The summed E-state index contributed by atoms with van der Waals surface area (Å²) in [5.41, 5.74) is 7.89. The first-order valence-corrected chi connectivity index (χ1v) is 4.70. The Morgan fingerprint density at radius 3 is 3.00 bits per heavy atom. The van der Waals surface area contributed by atoms with Gasteiger partial charge in [0, 0.05) is 17.8 Å². The molecule has 0 aliphatic heterocycles. The second-order valence-electron chi connectivity index (χ2n) is 3.41. The average Bonchev–Trinajstić information content (AvgIpc) is 2.64. The minimum Gasteiger partial charge on any atom is -0.361 e. The molecule has 0 aliphatic rings. The van der Waals surface area contributed by atoms with E-state index < -0.39 is 0 Å². The number of H-pyrrole nitrogens is 1. The molecule has 1 atom stereocenters. The van der Waals surface area contributed by atoms with Gasteiger partial charge in [-0.05, 0) is 35.6 Å². The van der Waals surface area contributed by atoms with Gasteiger partial charge in [-0.2, -0.15) is 0 Å². The van der Waals surface area contributed by atoms with Gasteiger partial charge < -0.3 is 10.7 Å². The van der Waals surface area contributed by atoms with Gasteiger partial charge in [0.2, 0.25) is 0 Å². The van der Waals surface area contributed by atoms with Crippen LogP contribution in [0, 0.1) is 0 Å². The number of hydrogen-bond donors (Lipinski definition) is 2. The normalized spacial score (nSPS) is 13.3. The summed E-state index contributed by atoms with van der Waals surface area (Å²) in [5, 5.41) is 1.12. The van der Waals surface area contributed by atoms with Gasteiger partial charge >= 0.3 is 0 Å². The largest absolute Gasteiger partial charge is 0.361 e. The first-order valence-electron chi connectivity index (χ1n) is 4.70. The number of aromatic amines is 1. The number of benzene rings is 1. The molecule has 1 aromatic carbocycles. The SMILES string of the molecule is N[C@@H](CCF)c1ccc2[nH]ccc2c1. The molecule has 0 saturated carbocycles. The molecule has 1 aromatic heterocycles. The highest BCUT2D eigenvalue weighted by atomic mass is 19.1. The molecule has 1 heterocycles. The summed E-state index contributed by atoms with van der Waals surface area (Å²) >= 11 is 0. The topological polar surface area (TPSA) is 41.8 Å². The lowest BCUT2D eigenvalue weighted by Crippen LogP contribution is -2.10. The molecule has 0 bridgehead atoms. The monoisotopic (exact) mass is 192 g/mol. The van der Waals surface area contributed by atoms with Crippen molar-refractivity contribution in [3.8, 4) is 0 Å². The second kappa shape index (κ2) is 3.80. The van der Waals surface area contributed by atoms with Crippen LogP contribution in [-0.4, -0.2) is 11.7 Å². The van der Waals surface area contributed by atoms with Crippen molar-refractivity contribution in [3.05, 3.63) is 36.0 Å². The Hall–Kier alpha value is -1.35. The Balaban J connectivity index is 2.33. The van der Waals surface area contributed by atoms with Crippen molar-refractivity contribution >= 4 is 10.9 Å². The number of halogens is 1. The van der Waals surface area contributed by atoms with Crippen molar-refractivity contribution in [1.29, 1.82) is 0 Å². The van der Waals surface area contributed by atoms with Crippen LogP contribution in [0.4, 0.5) is 4.39 Å². The molecule has 0 unspecified atom stereocenters. The van der Waals surface area contributed by atoms with E-state index in [1.165, 1.54) is 0 Å². The summed E-state index contributed by atoms with van der Waals surface area (Å²) in [6.45, 7) is -0.369. The van der Waals surface area contributed by atoms with Crippen LogP contribution < -0.4 is 5.73 Å². The fraction of sp³-hybridized carbons (Fsp3) is 0.273. The molecule has 2 nitrogen and oxygen atoms in total. The van der Waals surface area contributed by atoms with E-state index in [4.69, 9.17) is 5.73 Å². The Kier molecular flexibility index (Phi) is 2.50. The van der Waals surface area contributed by atoms with Crippen molar-refractivity contribution in [1.82, 2.24) is 4.98 Å². The third kappa shape index (κ3) is 1.63.